The Kier molecular flexibility index (Phi) is 5.10. The molecule has 1 saturated carbocycles. The number of benzene rings is 1. The molecule has 3 aromatic rings. The van der Waals surface area contributed by atoms with Gasteiger partial charge < -0.3 is 19.6 Å². The lowest BCUT2D eigenvalue weighted by Crippen LogP contribution is -2.29. The van der Waals surface area contributed by atoms with E-state index in [4.69, 9.17) is 24.2 Å². The molecule has 0 bridgehead atoms. The van der Waals surface area contributed by atoms with Crippen LogP contribution in [0.4, 0.5) is 5.82 Å². The van der Waals surface area contributed by atoms with Crippen LogP contribution < -0.4 is 5.32 Å². The average Bonchev–Trinajstić information content (AvgIpc) is 3.15. The molecule has 1 aromatic carbocycles. The third-order valence-electron chi connectivity index (χ3n) is 5.36. The number of oxazole rings is 1. The summed E-state index contributed by atoms with van der Waals surface area (Å²) in [5.74, 6) is 2.36. The fourth-order valence-electron chi connectivity index (χ4n) is 3.58. The molecule has 5 rings (SSSR count). The van der Waals surface area contributed by atoms with E-state index >= 15 is 0 Å². The van der Waals surface area contributed by atoms with Crippen LogP contribution in [0.3, 0.4) is 0 Å². The van der Waals surface area contributed by atoms with Crippen LogP contribution in [0.5, 0.6) is 0 Å². The molecule has 156 valence electrons. The Morgan fingerprint density at radius 1 is 1.20 bits per heavy atom. The normalized spacial score (nSPS) is 18.9. The van der Waals surface area contributed by atoms with Gasteiger partial charge in [0.25, 0.3) is 0 Å². The lowest BCUT2D eigenvalue weighted by molar-refractivity contribution is 0.0822. The zero-order valence-corrected chi connectivity index (χ0v) is 17.2. The second kappa shape index (κ2) is 7.90. The molecule has 2 N–H and O–H groups in total. The van der Waals surface area contributed by atoms with E-state index in [0.717, 1.165) is 29.7 Å². The van der Waals surface area contributed by atoms with Gasteiger partial charge in [0.15, 0.2) is 5.82 Å². The SMILES string of the molecule is O=[S@]1CCc2nc(-c3ccc(-c4ncco4)cc3)nc(NC3(COCCO)CC3)c21. The molecule has 0 spiro atoms. The van der Waals surface area contributed by atoms with E-state index in [2.05, 4.69) is 10.3 Å². The minimum Gasteiger partial charge on any atom is -0.445 e. The fraction of sp³-hybridized carbons (Fsp3) is 0.381. The molecule has 0 saturated heterocycles. The van der Waals surface area contributed by atoms with Gasteiger partial charge in [-0.1, -0.05) is 12.1 Å². The summed E-state index contributed by atoms with van der Waals surface area (Å²) >= 11 is 0. The van der Waals surface area contributed by atoms with Crippen molar-refractivity contribution in [1.29, 1.82) is 0 Å². The predicted molar refractivity (Wildman–Crippen MR) is 111 cm³/mol. The quantitative estimate of drug-likeness (QED) is 0.529. The molecule has 9 heteroatoms. The van der Waals surface area contributed by atoms with Crippen LogP contribution in [-0.2, 0) is 22.0 Å². The molecule has 2 aromatic heterocycles. The highest BCUT2D eigenvalue weighted by Crippen LogP contribution is 2.41. The van der Waals surface area contributed by atoms with E-state index in [1.165, 1.54) is 0 Å². The Bertz CT molecular complexity index is 1070. The Balaban J connectivity index is 1.46. The van der Waals surface area contributed by atoms with Gasteiger partial charge in [-0.3, -0.25) is 4.21 Å². The maximum atomic E-state index is 12.6. The second-order valence-corrected chi connectivity index (χ2v) is 9.07. The van der Waals surface area contributed by atoms with Crippen LogP contribution >= 0.6 is 0 Å². The highest BCUT2D eigenvalue weighted by atomic mass is 32.2. The Morgan fingerprint density at radius 2 is 2.00 bits per heavy atom. The molecular weight excluding hydrogens is 404 g/mol. The summed E-state index contributed by atoms with van der Waals surface area (Å²) < 4.78 is 23.5. The van der Waals surface area contributed by atoms with Crippen molar-refractivity contribution in [2.45, 2.75) is 29.7 Å². The summed E-state index contributed by atoms with van der Waals surface area (Å²) in [6, 6.07) is 7.73. The largest absolute Gasteiger partial charge is 0.445 e. The number of nitrogens with zero attached hydrogens (tertiary/aromatic N) is 3. The zero-order chi connectivity index (χ0) is 20.6. The highest BCUT2D eigenvalue weighted by Gasteiger charge is 2.44. The predicted octanol–water partition coefficient (Wildman–Crippen LogP) is 2.42. The second-order valence-electron chi connectivity index (χ2n) is 7.57. The molecule has 0 amide bonds. The number of anilines is 1. The molecule has 1 aliphatic carbocycles. The Morgan fingerprint density at radius 3 is 2.70 bits per heavy atom. The molecule has 0 unspecified atom stereocenters. The molecule has 30 heavy (non-hydrogen) atoms. The van der Waals surface area contributed by atoms with E-state index in [1.807, 2.05) is 24.3 Å². The summed E-state index contributed by atoms with van der Waals surface area (Å²) in [7, 11) is -1.10. The van der Waals surface area contributed by atoms with Gasteiger partial charge in [-0.05, 0) is 25.0 Å². The van der Waals surface area contributed by atoms with Crippen molar-refractivity contribution in [3.8, 4) is 22.8 Å². The monoisotopic (exact) mass is 426 g/mol. The number of aromatic nitrogens is 3. The molecule has 1 atom stereocenters. The zero-order valence-electron chi connectivity index (χ0n) is 16.3. The topological polar surface area (TPSA) is 110 Å². The lowest BCUT2D eigenvalue weighted by atomic mass is 10.1. The molecule has 0 radical (unpaired) electrons. The number of ether oxygens (including phenoxy) is 1. The first-order valence-electron chi connectivity index (χ1n) is 9.94. The van der Waals surface area contributed by atoms with Crippen molar-refractivity contribution >= 4 is 16.6 Å². The maximum Gasteiger partial charge on any atom is 0.225 e. The van der Waals surface area contributed by atoms with Gasteiger partial charge in [0.2, 0.25) is 5.89 Å². The van der Waals surface area contributed by atoms with Crippen molar-refractivity contribution in [3.63, 3.8) is 0 Å². The fourth-order valence-corrected chi connectivity index (χ4v) is 4.88. The van der Waals surface area contributed by atoms with Crippen LogP contribution in [0.25, 0.3) is 22.8 Å². The van der Waals surface area contributed by atoms with E-state index < -0.39 is 10.8 Å². The van der Waals surface area contributed by atoms with E-state index in [-0.39, 0.29) is 12.1 Å². The minimum atomic E-state index is -1.10. The molecule has 2 aliphatic rings. The first-order chi connectivity index (χ1) is 14.7. The summed E-state index contributed by atoms with van der Waals surface area (Å²) in [6.45, 7) is 0.787. The number of fused-ring (bicyclic) bond motifs is 1. The van der Waals surface area contributed by atoms with Gasteiger partial charge in [-0.25, -0.2) is 15.0 Å². The summed E-state index contributed by atoms with van der Waals surface area (Å²) in [4.78, 5) is 14.3. The molecule has 8 nitrogen and oxygen atoms in total. The van der Waals surface area contributed by atoms with Gasteiger partial charge in [0.05, 0.1) is 48.0 Å². The first kappa shape index (κ1) is 19.3. The van der Waals surface area contributed by atoms with Crippen molar-refractivity contribution < 1.29 is 18.5 Å². The smallest absolute Gasteiger partial charge is 0.225 e. The van der Waals surface area contributed by atoms with Crippen molar-refractivity contribution in [2.75, 3.05) is 30.9 Å². The number of aryl methyl sites for hydroxylation is 1. The van der Waals surface area contributed by atoms with Crippen LogP contribution in [0, 0.1) is 0 Å². The van der Waals surface area contributed by atoms with E-state index in [0.29, 0.717) is 47.8 Å². The first-order valence-corrected chi connectivity index (χ1v) is 11.3. The van der Waals surface area contributed by atoms with Crippen LogP contribution in [0.1, 0.15) is 18.5 Å². The number of nitrogens with one attached hydrogen (secondary N) is 1. The Labute approximate surface area is 176 Å². The molecule has 1 fully saturated rings. The standard InChI is InChI=1S/C21H22N4O4S/c26-9-11-28-13-21(6-7-21)25-19-17-16(5-12-30(17)27)23-18(24-19)14-1-3-15(4-2-14)20-22-8-10-29-20/h1-4,8,10,26H,5-7,9,11-13H2,(H,23,24,25)/t30-/m0/s1. The van der Waals surface area contributed by atoms with Crippen LogP contribution in [0.15, 0.2) is 46.0 Å². The van der Waals surface area contributed by atoms with E-state index in [1.54, 1.807) is 12.5 Å². The van der Waals surface area contributed by atoms with Gasteiger partial charge in [-0.15, -0.1) is 0 Å². The van der Waals surface area contributed by atoms with Crippen LogP contribution in [-0.4, -0.2) is 55.4 Å². The average molecular weight is 426 g/mol. The van der Waals surface area contributed by atoms with Crippen LogP contribution in [0.2, 0.25) is 0 Å². The third kappa shape index (κ3) is 3.76. The van der Waals surface area contributed by atoms with Crippen molar-refractivity contribution in [2.24, 2.45) is 0 Å². The Hall–Kier alpha value is -2.62. The minimum absolute atomic E-state index is 0.00330. The number of hydrogen-bond donors (Lipinski definition) is 2. The highest BCUT2D eigenvalue weighted by molar-refractivity contribution is 7.85. The number of aliphatic hydroxyl groups is 1. The lowest BCUT2D eigenvalue weighted by Gasteiger charge is -2.20. The molecular formula is C21H22N4O4S. The third-order valence-corrected chi connectivity index (χ3v) is 6.82. The van der Waals surface area contributed by atoms with Gasteiger partial charge in [0.1, 0.15) is 17.0 Å². The van der Waals surface area contributed by atoms with Gasteiger partial charge in [-0.2, -0.15) is 0 Å². The number of hydrogen-bond acceptors (Lipinski definition) is 8. The number of aliphatic hydroxyl groups excluding tert-OH is 1. The van der Waals surface area contributed by atoms with Gasteiger partial charge in [0, 0.05) is 23.3 Å². The van der Waals surface area contributed by atoms with Gasteiger partial charge >= 0.3 is 0 Å². The molecule has 3 heterocycles. The summed E-state index contributed by atoms with van der Waals surface area (Å²) in [5, 5.41) is 12.4. The van der Waals surface area contributed by atoms with E-state index in [9.17, 15) is 4.21 Å². The number of rotatable bonds is 8. The summed E-state index contributed by atoms with van der Waals surface area (Å²) in [6.07, 6.45) is 5.73. The summed E-state index contributed by atoms with van der Waals surface area (Å²) in [5.41, 5.74) is 2.37. The maximum absolute atomic E-state index is 12.6. The van der Waals surface area contributed by atoms with Crippen molar-refractivity contribution in [3.05, 3.63) is 42.4 Å². The van der Waals surface area contributed by atoms with Crippen molar-refractivity contribution in [1.82, 2.24) is 15.0 Å². The molecule has 1 aliphatic heterocycles.